The monoisotopic (exact) mass is 353 g/mol. The highest BCUT2D eigenvalue weighted by atomic mass is 28.4. The Balaban J connectivity index is 2.75. The third-order valence-electron chi connectivity index (χ3n) is 4.70. The largest absolute Gasteiger partial charge is 0.413 e. The number of aliphatic imine (C=N–C) groups is 1. The average Bonchev–Trinajstić information content (AvgIpc) is 2.43. The molecule has 6 nitrogen and oxygen atoms in total. The van der Waals surface area contributed by atoms with Gasteiger partial charge in [0.15, 0.2) is 8.32 Å². The fourth-order valence-corrected chi connectivity index (χ4v) is 3.14. The van der Waals surface area contributed by atoms with Gasteiger partial charge >= 0.3 is 6.17 Å². The summed E-state index contributed by atoms with van der Waals surface area (Å²) in [6, 6.07) is 0. The minimum atomic E-state index is -1.86. The molecule has 1 aliphatic heterocycles. The van der Waals surface area contributed by atoms with E-state index in [1.807, 2.05) is 13.8 Å². The van der Waals surface area contributed by atoms with Gasteiger partial charge in [-0.1, -0.05) is 41.2 Å². The van der Waals surface area contributed by atoms with Crippen molar-refractivity contribution in [3.8, 4) is 0 Å². The fraction of sp³-hybridized carbons (Fsp3) is 0.706. The van der Waals surface area contributed by atoms with E-state index in [-0.39, 0.29) is 15.9 Å². The van der Waals surface area contributed by atoms with Gasteiger partial charge in [0.1, 0.15) is 5.71 Å². The molecule has 0 saturated heterocycles. The Kier molecular flexibility index (Phi) is 6.52. The van der Waals surface area contributed by atoms with Crippen LogP contribution in [0.2, 0.25) is 18.1 Å². The van der Waals surface area contributed by atoms with Gasteiger partial charge in [-0.2, -0.15) is 0 Å². The van der Waals surface area contributed by atoms with Crippen LogP contribution in [0.25, 0.3) is 0 Å². The minimum Gasteiger partial charge on any atom is -0.413 e. The van der Waals surface area contributed by atoms with E-state index in [4.69, 9.17) is 4.43 Å². The molecule has 1 rings (SSSR count). The highest BCUT2D eigenvalue weighted by molar-refractivity contribution is 6.74. The molecule has 24 heavy (non-hydrogen) atoms. The summed E-state index contributed by atoms with van der Waals surface area (Å²) in [5.74, 6) is 0.0181. The summed E-state index contributed by atoms with van der Waals surface area (Å²) in [4.78, 5) is 17.1. The molecule has 0 bridgehead atoms. The molecular formula is C17H31N3O3Si. The van der Waals surface area contributed by atoms with Crippen molar-refractivity contribution in [2.45, 2.75) is 58.9 Å². The second-order valence-electron chi connectivity index (χ2n) is 8.14. The third kappa shape index (κ3) is 5.01. The maximum absolute atomic E-state index is 11.5. The van der Waals surface area contributed by atoms with Crippen LogP contribution in [0.4, 0.5) is 0 Å². The van der Waals surface area contributed by atoms with Gasteiger partial charge in [0.2, 0.25) is 0 Å². The predicted molar refractivity (Wildman–Crippen MR) is 101 cm³/mol. The van der Waals surface area contributed by atoms with Gasteiger partial charge in [0.25, 0.3) is 0 Å². The lowest BCUT2D eigenvalue weighted by Crippen LogP contribution is -2.48. The summed E-state index contributed by atoms with van der Waals surface area (Å²) < 4.78 is 6.16. The molecule has 0 fully saturated rings. The molecule has 1 unspecified atom stereocenters. The molecule has 1 atom stereocenters. The van der Waals surface area contributed by atoms with Gasteiger partial charge in [-0.3, -0.25) is 15.1 Å². The summed E-state index contributed by atoms with van der Waals surface area (Å²) in [5.41, 5.74) is 1.40. The molecule has 0 saturated carbocycles. The number of hydrogen-bond donors (Lipinski definition) is 0. The molecule has 0 aliphatic carbocycles. The fourth-order valence-electron chi connectivity index (χ4n) is 2.14. The van der Waals surface area contributed by atoms with Crippen molar-refractivity contribution < 1.29 is 9.35 Å². The van der Waals surface area contributed by atoms with Crippen molar-refractivity contribution in [2.75, 3.05) is 13.2 Å². The van der Waals surface area contributed by atoms with Crippen molar-refractivity contribution >= 4 is 14.0 Å². The van der Waals surface area contributed by atoms with Crippen LogP contribution in [-0.2, 0) is 4.43 Å². The summed E-state index contributed by atoms with van der Waals surface area (Å²) in [7, 11) is -1.86. The Bertz CT molecular complexity index is 548. The second kappa shape index (κ2) is 7.61. The van der Waals surface area contributed by atoms with E-state index in [0.717, 1.165) is 5.57 Å². The molecule has 0 aromatic rings. The first kappa shape index (κ1) is 20.6. The first-order chi connectivity index (χ1) is 10.9. The van der Waals surface area contributed by atoms with Crippen molar-refractivity contribution in [3.05, 3.63) is 34.7 Å². The molecule has 1 heterocycles. The molecule has 0 aromatic carbocycles. The zero-order chi connectivity index (χ0) is 18.7. The topological polar surface area (TPSA) is 68.0 Å². The predicted octanol–water partition coefficient (Wildman–Crippen LogP) is 4.05. The Hall–Kier alpha value is -1.47. The lowest BCUT2D eigenvalue weighted by atomic mass is 10.0. The van der Waals surface area contributed by atoms with Crippen LogP contribution < -0.4 is 0 Å². The summed E-state index contributed by atoms with van der Waals surface area (Å²) in [5, 5.41) is 11.6. The SMILES string of the molecule is C=C(CO[Si](C)(C)C(C)(C)C)CN1C=CN=C(C(C)C)C1[N+](=O)[O-]. The Morgan fingerprint density at radius 2 is 2.08 bits per heavy atom. The molecule has 7 heteroatoms. The Labute approximate surface area is 146 Å². The Morgan fingerprint density at radius 1 is 1.50 bits per heavy atom. The lowest BCUT2D eigenvalue weighted by Gasteiger charge is -2.37. The van der Waals surface area contributed by atoms with Crippen LogP contribution in [0.3, 0.4) is 0 Å². The Morgan fingerprint density at radius 3 is 2.54 bits per heavy atom. The van der Waals surface area contributed by atoms with E-state index in [2.05, 4.69) is 45.4 Å². The van der Waals surface area contributed by atoms with Gasteiger partial charge in [-0.05, 0) is 23.7 Å². The molecule has 0 spiro atoms. The van der Waals surface area contributed by atoms with Crippen molar-refractivity contribution in [1.29, 1.82) is 0 Å². The van der Waals surface area contributed by atoms with Gasteiger partial charge in [0, 0.05) is 24.9 Å². The lowest BCUT2D eigenvalue weighted by molar-refractivity contribution is -0.526. The van der Waals surface area contributed by atoms with Crippen LogP contribution in [0.15, 0.2) is 29.5 Å². The van der Waals surface area contributed by atoms with Crippen molar-refractivity contribution in [1.82, 2.24) is 4.90 Å². The van der Waals surface area contributed by atoms with E-state index in [1.54, 1.807) is 17.3 Å². The number of rotatable bonds is 7. The zero-order valence-electron chi connectivity index (χ0n) is 16.0. The highest BCUT2D eigenvalue weighted by Gasteiger charge is 2.38. The van der Waals surface area contributed by atoms with E-state index in [0.29, 0.717) is 18.9 Å². The third-order valence-corrected chi connectivity index (χ3v) is 9.18. The van der Waals surface area contributed by atoms with E-state index < -0.39 is 14.5 Å². The van der Waals surface area contributed by atoms with E-state index >= 15 is 0 Å². The molecule has 0 radical (unpaired) electrons. The smallest absolute Gasteiger partial charge is 0.326 e. The maximum Gasteiger partial charge on any atom is 0.326 e. The summed E-state index contributed by atoms with van der Waals surface area (Å²) in [6.07, 6.45) is 2.35. The quantitative estimate of drug-likeness (QED) is 0.300. The molecule has 0 amide bonds. The van der Waals surface area contributed by atoms with Crippen LogP contribution >= 0.6 is 0 Å². The number of nitrogens with zero attached hydrogens (tertiary/aromatic N) is 3. The number of nitro groups is 1. The van der Waals surface area contributed by atoms with Gasteiger partial charge in [-0.15, -0.1) is 0 Å². The maximum atomic E-state index is 11.5. The molecule has 1 aliphatic rings. The van der Waals surface area contributed by atoms with E-state index in [1.165, 1.54) is 0 Å². The van der Waals surface area contributed by atoms with Crippen LogP contribution in [0.1, 0.15) is 34.6 Å². The van der Waals surface area contributed by atoms with Crippen LogP contribution in [0, 0.1) is 16.0 Å². The summed E-state index contributed by atoms with van der Waals surface area (Å²) in [6.45, 7) is 19.6. The van der Waals surface area contributed by atoms with Crippen molar-refractivity contribution in [3.63, 3.8) is 0 Å². The highest BCUT2D eigenvalue weighted by Crippen LogP contribution is 2.36. The van der Waals surface area contributed by atoms with Gasteiger partial charge in [0.05, 0.1) is 11.5 Å². The molecule has 136 valence electrons. The van der Waals surface area contributed by atoms with Crippen molar-refractivity contribution in [2.24, 2.45) is 10.9 Å². The first-order valence-corrected chi connectivity index (χ1v) is 11.2. The second-order valence-corrected chi connectivity index (χ2v) is 12.9. The standard InChI is InChI=1S/C17H31N3O3Si/c1-13(2)15-16(20(21)22)19(10-9-18-15)11-14(3)12-23-24(7,8)17(4,5)6/h9-10,13,16H,3,11-12H2,1-2,4-8H3. The normalized spacial score (nSPS) is 18.8. The van der Waals surface area contributed by atoms with E-state index in [9.17, 15) is 10.1 Å². The molecule has 0 aromatic heterocycles. The molecular weight excluding hydrogens is 322 g/mol. The minimum absolute atomic E-state index is 0.0181. The van der Waals surface area contributed by atoms with Gasteiger partial charge < -0.3 is 9.33 Å². The number of hydrogen-bond acceptors (Lipinski definition) is 5. The zero-order valence-corrected chi connectivity index (χ0v) is 17.0. The van der Waals surface area contributed by atoms with Gasteiger partial charge in [-0.25, -0.2) is 0 Å². The molecule has 0 N–H and O–H groups in total. The first-order valence-electron chi connectivity index (χ1n) is 8.31. The summed E-state index contributed by atoms with van der Waals surface area (Å²) >= 11 is 0. The van der Waals surface area contributed by atoms with Crippen LogP contribution in [-0.4, -0.2) is 43.2 Å². The van der Waals surface area contributed by atoms with Crippen LogP contribution in [0.5, 0.6) is 0 Å². The average molecular weight is 354 g/mol.